The van der Waals surface area contributed by atoms with Gasteiger partial charge in [0.15, 0.2) is 0 Å². The van der Waals surface area contributed by atoms with Gasteiger partial charge in [-0.05, 0) is 36.6 Å². The minimum atomic E-state index is -0.876. The minimum Gasteiger partial charge on any atom is -0.478 e. The van der Waals surface area contributed by atoms with E-state index in [0.717, 1.165) is 11.6 Å². The van der Waals surface area contributed by atoms with Crippen LogP contribution in [0.15, 0.2) is 24.3 Å². The van der Waals surface area contributed by atoms with Crippen LogP contribution in [0.2, 0.25) is 0 Å². The van der Waals surface area contributed by atoms with Crippen molar-refractivity contribution in [3.05, 3.63) is 29.8 Å². The predicted octanol–water partition coefficient (Wildman–Crippen LogP) is 2.60. The Balaban J connectivity index is 1.96. The molecular formula is C12H15NO2. The normalized spacial score (nSPS) is 23.5. The molecule has 3 heteroatoms. The summed E-state index contributed by atoms with van der Waals surface area (Å²) in [6.07, 6.45) is 2.45. The van der Waals surface area contributed by atoms with Crippen LogP contribution < -0.4 is 5.32 Å². The second-order valence-corrected chi connectivity index (χ2v) is 4.04. The van der Waals surface area contributed by atoms with Crippen LogP contribution in [0.4, 0.5) is 5.69 Å². The number of benzene rings is 1. The van der Waals surface area contributed by atoms with Crippen molar-refractivity contribution >= 4 is 11.7 Å². The van der Waals surface area contributed by atoms with Crippen molar-refractivity contribution < 1.29 is 9.90 Å². The summed E-state index contributed by atoms with van der Waals surface area (Å²) in [5.41, 5.74) is 1.35. The van der Waals surface area contributed by atoms with Gasteiger partial charge in [0.05, 0.1) is 5.56 Å². The second-order valence-electron chi connectivity index (χ2n) is 4.04. The molecule has 1 aromatic carbocycles. The molecule has 0 heterocycles. The molecule has 1 aliphatic carbocycles. The topological polar surface area (TPSA) is 49.3 Å². The van der Waals surface area contributed by atoms with Gasteiger partial charge in [-0.15, -0.1) is 0 Å². The molecule has 2 N–H and O–H groups in total. The number of nitrogens with one attached hydrogen (secondary N) is 1. The molecule has 0 bridgehead atoms. The third-order valence-electron chi connectivity index (χ3n) is 2.93. The summed E-state index contributed by atoms with van der Waals surface area (Å²) in [5.74, 6) is -0.0800. The number of hydrogen-bond acceptors (Lipinski definition) is 2. The van der Waals surface area contributed by atoms with Crippen molar-refractivity contribution in [1.82, 2.24) is 0 Å². The molecule has 1 fully saturated rings. The Bertz CT molecular complexity index is 358. The van der Waals surface area contributed by atoms with E-state index in [4.69, 9.17) is 5.11 Å². The monoisotopic (exact) mass is 205 g/mol. The number of anilines is 1. The summed E-state index contributed by atoms with van der Waals surface area (Å²) in [5, 5.41) is 12.1. The van der Waals surface area contributed by atoms with Crippen LogP contribution in [-0.4, -0.2) is 17.1 Å². The molecule has 2 atom stereocenters. The maximum absolute atomic E-state index is 10.6. The highest BCUT2D eigenvalue weighted by molar-refractivity contribution is 5.88. The number of carbonyl (C=O) groups is 1. The number of aromatic carboxylic acids is 1. The van der Waals surface area contributed by atoms with Gasteiger partial charge in [0.2, 0.25) is 0 Å². The highest BCUT2D eigenvalue weighted by atomic mass is 16.4. The maximum atomic E-state index is 10.6. The van der Waals surface area contributed by atoms with Crippen LogP contribution in [0.25, 0.3) is 0 Å². The van der Waals surface area contributed by atoms with Gasteiger partial charge in [0.1, 0.15) is 0 Å². The smallest absolute Gasteiger partial charge is 0.335 e. The Hall–Kier alpha value is -1.51. The van der Waals surface area contributed by atoms with Gasteiger partial charge in [0.25, 0.3) is 0 Å². The van der Waals surface area contributed by atoms with Crippen molar-refractivity contribution in [1.29, 1.82) is 0 Å². The first-order chi connectivity index (χ1) is 7.20. The van der Waals surface area contributed by atoms with E-state index in [1.807, 2.05) is 12.1 Å². The minimum absolute atomic E-state index is 0.336. The van der Waals surface area contributed by atoms with Gasteiger partial charge >= 0.3 is 5.97 Å². The third kappa shape index (κ3) is 2.29. The second kappa shape index (κ2) is 3.93. The summed E-state index contributed by atoms with van der Waals surface area (Å²) in [7, 11) is 0. The molecule has 80 valence electrons. The zero-order valence-electron chi connectivity index (χ0n) is 8.73. The summed E-state index contributed by atoms with van der Waals surface area (Å²) < 4.78 is 0. The maximum Gasteiger partial charge on any atom is 0.335 e. The first-order valence-electron chi connectivity index (χ1n) is 5.30. The van der Waals surface area contributed by atoms with Gasteiger partial charge in [-0.25, -0.2) is 4.79 Å². The predicted molar refractivity (Wildman–Crippen MR) is 59.2 cm³/mol. The van der Waals surface area contributed by atoms with E-state index in [0.29, 0.717) is 11.6 Å². The first-order valence-corrected chi connectivity index (χ1v) is 5.30. The van der Waals surface area contributed by atoms with Crippen LogP contribution >= 0.6 is 0 Å². The summed E-state index contributed by atoms with van der Waals surface area (Å²) in [4.78, 5) is 10.6. The molecule has 1 aromatic rings. The van der Waals surface area contributed by atoms with Gasteiger partial charge in [-0.3, -0.25) is 0 Å². The van der Waals surface area contributed by atoms with Gasteiger partial charge in [-0.2, -0.15) is 0 Å². The van der Waals surface area contributed by atoms with Crippen molar-refractivity contribution in [2.24, 2.45) is 5.92 Å². The number of rotatable bonds is 4. The molecule has 3 nitrogen and oxygen atoms in total. The van der Waals surface area contributed by atoms with Crippen molar-refractivity contribution in [2.45, 2.75) is 25.8 Å². The van der Waals surface area contributed by atoms with Gasteiger partial charge in [-0.1, -0.05) is 13.3 Å². The van der Waals surface area contributed by atoms with Crippen LogP contribution in [0.3, 0.4) is 0 Å². The average molecular weight is 205 g/mol. The molecule has 2 unspecified atom stereocenters. The van der Waals surface area contributed by atoms with E-state index in [-0.39, 0.29) is 0 Å². The molecule has 2 rings (SSSR count). The molecule has 0 spiro atoms. The lowest BCUT2D eigenvalue weighted by Gasteiger charge is -2.05. The molecule has 0 aromatic heterocycles. The van der Waals surface area contributed by atoms with Crippen LogP contribution in [0.5, 0.6) is 0 Å². The van der Waals surface area contributed by atoms with Gasteiger partial charge in [0, 0.05) is 11.7 Å². The highest BCUT2D eigenvalue weighted by Gasteiger charge is 2.34. The first kappa shape index (κ1) is 10.0. The largest absolute Gasteiger partial charge is 0.478 e. The Morgan fingerprint density at radius 2 is 2.13 bits per heavy atom. The summed E-state index contributed by atoms with van der Waals surface area (Å²) in [6, 6.07) is 7.51. The highest BCUT2D eigenvalue weighted by Crippen LogP contribution is 2.35. The van der Waals surface area contributed by atoms with Crippen LogP contribution in [0, 0.1) is 5.92 Å². The standard InChI is InChI=1S/C12H15NO2/c1-2-8-7-11(8)13-10-5-3-9(4-6-10)12(14)15/h3-6,8,11,13H,2,7H2,1H3,(H,14,15). The molecule has 0 amide bonds. The molecule has 1 aliphatic rings. The Morgan fingerprint density at radius 3 is 2.60 bits per heavy atom. The van der Waals surface area contributed by atoms with Crippen molar-refractivity contribution in [2.75, 3.05) is 5.32 Å². The number of carboxylic acids is 1. The van der Waals surface area contributed by atoms with Gasteiger partial charge < -0.3 is 10.4 Å². The molecule has 15 heavy (non-hydrogen) atoms. The summed E-state index contributed by atoms with van der Waals surface area (Å²) >= 11 is 0. The van der Waals surface area contributed by atoms with E-state index >= 15 is 0 Å². The number of hydrogen-bond donors (Lipinski definition) is 2. The zero-order chi connectivity index (χ0) is 10.8. The zero-order valence-corrected chi connectivity index (χ0v) is 8.73. The molecule has 0 saturated heterocycles. The van der Waals surface area contributed by atoms with Crippen LogP contribution in [-0.2, 0) is 0 Å². The fourth-order valence-corrected chi connectivity index (χ4v) is 1.80. The lowest BCUT2D eigenvalue weighted by molar-refractivity contribution is 0.0697. The van der Waals surface area contributed by atoms with E-state index < -0.39 is 5.97 Å². The fraction of sp³-hybridized carbons (Fsp3) is 0.417. The Morgan fingerprint density at radius 1 is 1.47 bits per heavy atom. The molecular weight excluding hydrogens is 190 g/mol. The quantitative estimate of drug-likeness (QED) is 0.794. The Kier molecular flexibility index (Phi) is 2.62. The van der Waals surface area contributed by atoms with Crippen molar-refractivity contribution in [3.8, 4) is 0 Å². The van der Waals surface area contributed by atoms with Crippen LogP contribution in [0.1, 0.15) is 30.1 Å². The molecule has 0 radical (unpaired) electrons. The lowest BCUT2D eigenvalue weighted by Crippen LogP contribution is -2.04. The third-order valence-corrected chi connectivity index (χ3v) is 2.93. The Labute approximate surface area is 89.1 Å². The van der Waals surface area contributed by atoms with Crippen molar-refractivity contribution in [3.63, 3.8) is 0 Å². The number of carboxylic acid groups (broad SMARTS) is 1. The van der Waals surface area contributed by atoms with E-state index in [2.05, 4.69) is 12.2 Å². The lowest BCUT2D eigenvalue weighted by atomic mass is 10.2. The molecule has 0 aliphatic heterocycles. The SMILES string of the molecule is CCC1CC1Nc1ccc(C(=O)O)cc1. The van der Waals surface area contributed by atoms with E-state index in [1.165, 1.54) is 12.8 Å². The average Bonchev–Trinajstić information content (AvgIpc) is 2.97. The molecule has 1 saturated carbocycles. The fourth-order valence-electron chi connectivity index (χ4n) is 1.80. The van der Waals surface area contributed by atoms with E-state index in [1.54, 1.807) is 12.1 Å². The summed E-state index contributed by atoms with van der Waals surface area (Å²) in [6.45, 7) is 2.19. The van der Waals surface area contributed by atoms with E-state index in [9.17, 15) is 4.79 Å².